The average molecular weight is 244 g/mol. The maximum absolute atomic E-state index is 11.7. The molecule has 0 fully saturated rings. The van der Waals surface area contributed by atoms with Crippen LogP contribution in [0.1, 0.15) is 0 Å². The first-order valence-corrected chi connectivity index (χ1v) is 5.59. The molecule has 6 heteroatoms. The van der Waals surface area contributed by atoms with Crippen LogP contribution in [0.4, 0.5) is 5.69 Å². The summed E-state index contributed by atoms with van der Waals surface area (Å²) in [6, 6.07) is 4.87. The molecule has 1 aliphatic heterocycles. The van der Waals surface area contributed by atoms with Crippen molar-refractivity contribution in [3.05, 3.63) is 28.4 Å². The Balaban J connectivity index is 2.80. The van der Waals surface area contributed by atoms with Gasteiger partial charge in [0, 0.05) is 6.07 Å². The van der Waals surface area contributed by atoms with E-state index in [9.17, 15) is 10.0 Å². The summed E-state index contributed by atoms with van der Waals surface area (Å²) in [5.41, 5.74) is 0.353. The van der Waals surface area contributed by atoms with Crippen LogP contribution in [0.3, 0.4) is 0 Å². The lowest BCUT2D eigenvalue weighted by Gasteiger charge is -1.98. The standard InChI is InChI=1S/C9H6ClNO3S/c1-14-9-11(13)7-4-2-3-6(10)8(7)15(9)5-12/h2-4H,1H3. The van der Waals surface area contributed by atoms with Crippen LogP contribution in [0.2, 0.25) is 5.02 Å². The third-order valence-corrected chi connectivity index (χ3v) is 4.08. The molecule has 0 spiro atoms. The number of ether oxygens (including phenoxy) is 1. The minimum atomic E-state index is -1.12. The van der Waals surface area contributed by atoms with Gasteiger partial charge in [-0.15, -0.1) is 4.74 Å². The highest BCUT2D eigenvalue weighted by Crippen LogP contribution is 2.45. The Morgan fingerprint density at radius 2 is 2.33 bits per heavy atom. The van der Waals surface area contributed by atoms with Gasteiger partial charge >= 0.3 is 5.23 Å². The van der Waals surface area contributed by atoms with Gasteiger partial charge in [-0.25, -0.2) is 4.79 Å². The Morgan fingerprint density at radius 1 is 1.60 bits per heavy atom. The summed E-state index contributed by atoms with van der Waals surface area (Å²) in [7, 11) is 0.226. The molecule has 1 atom stereocenters. The Labute approximate surface area is 93.2 Å². The molecule has 1 aromatic rings. The summed E-state index contributed by atoms with van der Waals surface area (Å²) in [6.07, 6.45) is 0. The Bertz CT molecular complexity index is 520. The van der Waals surface area contributed by atoms with Crippen molar-refractivity contribution in [2.24, 2.45) is 0 Å². The molecule has 0 saturated heterocycles. The van der Waals surface area contributed by atoms with Gasteiger partial charge < -0.3 is 9.94 Å². The molecule has 0 amide bonds. The van der Waals surface area contributed by atoms with Crippen molar-refractivity contribution in [1.82, 2.24) is 0 Å². The molecule has 78 valence electrons. The highest BCUT2D eigenvalue weighted by molar-refractivity contribution is 8.27. The molecule has 1 unspecified atom stereocenters. The highest BCUT2D eigenvalue weighted by Gasteiger charge is 2.35. The predicted octanol–water partition coefficient (Wildman–Crippen LogP) is 2.19. The average Bonchev–Trinajstić information content (AvgIpc) is 2.53. The zero-order valence-corrected chi connectivity index (χ0v) is 9.26. The Hall–Kier alpha value is -1.29. The molecule has 1 heterocycles. The molecule has 0 N–H and O–H groups in total. The highest BCUT2D eigenvalue weighted by atomic mass is 35.5. The van der Waals surface area contributed by atoms with Gasteiger partial charge in [0.15, 0.2) is 5.23 Å². The third kappa shape index (κ3) is 1.36. The topological polar surface area (TPSA) is 52.4 Å². The van der Waals surface area contributed by atoms with E-state index in [4.69, 9.17) is 16.3 Å². The van der Waals surface area contributed by atoms with E-state index < -0.39 is 10.5 Å². The predicted molar refractivity (Wildman–Crippen MR) is 58.3 cm³/mol. The largest absolute Gasteiger partial charge is 0.615 e. The summed E-state index contributed by atoms with van der Waals surface area (Å²) < 4.78 is 5.46. The van der Waals surface area contributed by atoms with Gasteiger partial charge in [-0.2, -0.15) is 0 Å². The van der Waals surface area contributed by atoms with Crippen LogP contribution in [-0.2, 0) is 9.53 Å². The first-order chi connectivity index (χ1) is 7.20. The summed E-state index contributed by atoms with van der Waals surface area (Å²) >= 11 is 5.92. The molecule has 1 aromatic carbocycles. The summed E-state index contributed by atoms with van der Waals surface area (Å²) in [4.78, 5) is 11.3. The number of benzene rings is 1. The molecule has 0 bridgehead atoms. The fourth-order valence-corrected chi connectivity index (χ4v) is 3.16. The van der Waals surface area contributed by atoms with E-state index in [1.54, 1.807) is 23.4 Å². The van der Waals surface area contributed by atoms with Gasteiger partial charge in [0.05, 0.1) is 22.6 Å². The van der Waals surface area contributed by atoms with Crippen LogP contribution in [0.15, 0.2) is 23.1 Å². The number of methoxy groups -OCH3 is 1. The van der Waals surface area contributed by atoms with Crippen molar-refractivity contribution < 1.29 is 14.3 Å². The smallest absolute Gasteiger partial charge is 0.427 e. The first kappa shape index (κ1) is 10.2. The van der Waals surface area contributed by atoms with E-state index in [0.717, 1.165) is 0 Å². The van der Waals surface area contributed by atoms with Crippen molar-refractivity contribution in [3.8, 4) is 0 Å². The molecule has 0 saturated carbocycles. The fourth-order valence-electron chi connectivity index (χ4n) is 1.37. The van der Waals surface area contributed by atoms with Crippen LogP contribution in [-0.4, -0.2) is 22.3 Å². The van der Waals surface area contributed by atoms with Crippen molar-refractivity contribution in [2.45, 2.75) is 4.90 Å². The molecule has 0 radical (unpaired) electrons. The van der Waals surface area contributed by atoms with Crippen LogP contribution in [0.5, 0.6) is 0 Å². The number of halogens is 1. The van der Waals surface area contributed by atoms with Gasteiger partial charge in [-0.1, -0.05) is 17.7 Å². The summed E-state index contributed by atoms with van der Waals surface area (Å²) in [5.74, 6) is 0. The molecule has 0 aliphatic carbocycles. The second kappa shape index (κ2) is 3.70. The van der Waals surface area contributed by atoms with E-state index >= 15 is 0 Å². The molecular weight excluding hydrogens is 238 g/mol. The zero-order valence-electron chi connectivity index (χ0n) is 7.69. The lowest BCUT2D eigenvalue weighted by molar-refractivity contribution is -0.368. The SMILES string of the molecule is COC1=[N+]([O-])c2cccc(Cl)c2S1=C=O. The fraction of sp³-hybridized carbons (Fsp3) is 0.111. The van der Waals surface area contributed by atoms with E-state index in [-0.39, 0.29) is 5.23 Å². The quantitative estimate of drug-likeness (QED) is 0.399. The van der Waals surface area contributed by atoms with E-state index in [1.165, 1.54) is 7.11 Å². The normalized spacial score (nSPS) is 18.7. The lowest BCUT2D eigenvalue weighted by Crippen LogP contribution is -2.05. The zero-order chi connectivity index (χ0) is 11.0. The minimum Gasteiger partial charge on any atom is -0.615 e. The maximum atomic E-state index is 11.7. The summed E-state index contributed by atoms with van der Waals surface area (Å²) in [5, 5.41) is 13.9. The number of hydrogen-bond donors (Lipinski definition) is 0. The van der Waals surface area contributed by atoms with Crippen LogP contribution in [0.25, 0.3) is 0 Å². The van der Waals surface area contributed by atoms with Crippen molar-refractivity contribution in [1.29, 1.82) is 0 Å². The number of nitrogens with zero attached hydrogens (tertiary/aromatic N) is 1. The lowest BCUT2D eigenvalue weighted by atomic mass is 10.3. The van der Waals surface area contributed by atoms with Crippen LogP contribution < -0.4 is 0 Å². The van der Waals surface area contributed by atoms with Gasteiger partial charge in [0.25, 0.3) is 0 Å². The molecule has 1 aliphatic rings. The van der Waals surface area contributed by atoms with Gasteiger partial charge in [0.2, 0.25) is 5.69 Å². The van der Waals surface area contributed by atoms with E-state index in [0.29, 0.717) is 20.3 Å². The molecule has 15 heavy (non-hydrogen) atoms. The van der Waals surface area contributed by atoms with Gasteiger partial charge in [-0.3, -0.25) is 0 Å². The number of fused-ring (bicyclic) bond motifs is 1. The van der Waals surface area contributed by atoms with E-state index in [2.05, 4.69) is 0 Å². The Kier molecular flexibility index (Phi) is 2.52. The van der Waals surface area contributed by atoms with Crippen molar-refractivity contribution >= 4 is 38.2 Å². The maximum Gasteiger partial charge on any atom is 0.427 e. The summed E-state index contributed by atoms with van der Waals surface area (Å²) in [6.45, 7) is 0. The number of hydrogen-bond acceptors (Lipinski definition) is 3. The Morgan fingerprint density at radius 3 is 2.93 bits per heavy atom. The van der Waals surface area contributed by atoms with Crippen LogP contribution in [0, 0.1) is 5.21 Å². The third-order valence-electron chi connectivity index (χ3n) is 1.97. The van der Waals surface area contributed by atoms with Crippen molar-refractivity contribution in [2.75, 3.05) is 7.11 Å². The van der Waals surface area contributed by atoms with E-state index in [1.807, 2.05) is 0 Å². The number of rotatable bonds is 0. The monoisotopic (exact) mass is 243 g/mol. The second-order valence-electron chi connectivity index (χ2n) is 2.74. The van der Waals surface area contributed by atoms with Gasteiger partial charge in [0.1, 0.15) is 4.90 Å². The minimum absolute atomic E-state index is 0.0353. The molecule has 2 rings (SSSR count). The van der Waals surface area contributed by atoms with Gasteiger partial charge in [-0.05, 0) is 6.07 Å². The molecule has 0 aromatic heterocycles. The van der Waals surface area contributed by atoms with Crippen LogP contribution >= 0.6 is 22.1 Å². The molecule has 4 nitrogen and oxygen atoms in total. The first-order valence-electron chi connectivity index (χ1n) is 3.99. The molecular formula is C9H6ClNO3S. The van der Waals surface area contributed by atoms with Crippen molar-refractivity contribution in [3.63, 3.8) is 0 Å². The number of carbonyl (C=O) groups excluding carboxylic acids is 1. The second-order valence-corrected chi connectivity index (χ2v) is 4.69.